The molecule has 2 atom stereocenters. The third kappa shape index (κ3) is 1.50. The Labute approximate surface area is 104 Å². The summed E-state index contributed by atoms with van der Waals surface area (Å²) in [6.07, 6.45) is 2.05. The second-order valence-electron chi connectivity index (χ2n) is 4.93. The van der Waals surface area contributed by atoms with Crippen molar-refractivity contribution in [2.45, 2.75) is 19.3 Å². The number of halogens is 1. The number of nitrogens with two attached hydrogens (primary N) is 1. The van der Waals surface area contributed by atoms with E-state index < -0.39 is 5.82 Å². The van der Waals surface area contributed by atoms with Crippen LogP contribution in [0.1, 0.15) is 19.3 Å². The number of nitrogens with zero attached hydrogens (tertiary/aromatic N) is 1. The Kier molecular flexibility index (Phi) is 2.36. The summed E-state index contributed by atoms with van der Waals surface area (Å²) in [5, 5.41) is 0. The van der Waals surface area contributed by atoms with Crippen LogP contribution in [0.2, 0.25) is 0 Å². The first kappa shape index (κ1) is 11.2. The monoisotopic (exact) mass is 248 g/mol. The van der Waals surface area contributed by atoms with E-state index in [9.17, 15) is 14.0 Å². The van der Waals surface area contributed by atoms with E-state index in [2.05, 4.69) is 0 Å². The van der Waals surface area contributed by atoms with Gasteiger partial charge in [0, 0.05) is 17.5 Å². The predicted octanol–water partition coefficient (Wildman–Crippen LogP) is 1.70. The predicted molar refractivity (Wildman–Crippen MR) is 64.1 cm³/mol. The lowest BCUT2D eigenvalue weighted by Gasteiger charge is -2.29. The fourth-order valence-corrected chi connectivity index (χ4v) is 2.84. The summed E-state index contributed by atoms with van der Waals surface area (Å²) in [5.41, 5.74) is 5.92. The topological polar surface area (TPSA) is 63.4 Å². The van der Waals surface area contributed by atoms with Crippen molar-refractivity contribution in [3.8, 4) is 0 Å². The molecular weight excluding hydrogens is 235 g/mol. The first-order valence-electron chi connectivity index (χ1n) is 6.01. The number of anilines is 2. The molecule has 0 radical (unpaired) electrons. The van der Waals surface area contributed by atoms with Gasteiger partial charge in [-0.1, -0.05) is 0 Å². The van der Waals surface area contributed by atoms with Crippen molar-refractivity contribution in [2.75, 3.05) is 10.6 Å². The standard InChI is InChI=1S/C13H13FN2O2/c14-10-4-3-9(15)6-11(10)16-12(17)7-1-2-8(5-7)13(16)18/h3-4,6-8H,1-2,5,15H2. The van der Waals surface area contributed by atoms with Gasteiger partial charge in [0.1, 0.15) is 5.82 Å². The molecule has 18 heavy (non-hydrogen) atoms. The first-order valence-corrected chi connectivity index (χ1v) is 6.01. The van der Waals surface area contributed by atoms with Gasteiger partial charge in [0.05, 0.1) is 5.69 Å². The van der Waals surface area contributed by atoms with Crippen LogP contribution >= 0.6 is 0 Å². The van der Waals surface area contributed by atoms with Crippen molar-refractivity contribution in [2.24, 2.45) is 11.8 Å². The number of benzene rings is 1. The lowest BCUT2D eigenvalue weighted by atomic mass is 9.96. The van der Waals surface area contributed by atoms with Crippen molar-refractivity contribution < 1.29 is 14.0 Å². The molecule has 2 aliphatic rings. The summed E-state index contributed by atoms with van der Waals surface area (Å²) in [7, 11) is 0. The van der Waals surface area contributed by atoms with E-state index in [1.165, 1.54) is 18.2 Å². The van der Waals surface area contributed by atoms with Crippen LogP contribution in [0.15, 0.2) is 18.2 Å². The summed E-state index contributed by atoms with van der Waals surface area (Å²) >= 11 is 0. The Morgan fingerprint density at radius 2 is 1.78 bits per heavy atom. The molecule has 2 bridgehead atoms. The van der Waals surface area contributed by atoms with E-state index in [4.69, 9.17) is 5.73 Å². The van der Waals surface area contributed by atoms with Gasteiger partial charge in [-0.3, -0.25) is 9.59 Å². The van der Waals surface area contributed by atoms with Gasteiger partial charge in [0.25, 0.3) is 0 Å². The molecule has 2 unspecified atom stereocenters. The summed E-state index contributed by atoms with van der Waals surface area (Å²) in [5.74, 6) is -1.47. The Balaban J connectivity index is 2.07. The normalized spacial score (nSPS) is 26.8. The second-order valence-corrected chi connectivity index (χ2v) is 4.93. The van der Waals surface area contributed by atoms with Crippen molar-refractivity contribution in [3.63, 3.8) is 0 Å². The molecule has 2 N–H and O–H groups in total. The molecule has 1 aliphatic carbocycles. The van der Waals surface area contributed by atoms with Crippen LogP contribution in [0.25, 0.3) is 0 Å². The van der Waals surface area contributed by atoms with Gasteiger partial charge < -0.3 is 5.73 Å². The molecule has 2 fully saturated rings. The molecule has 1 heterocycles. The highest BCUT2D eigenvalue weighted by Crippen LogP contribution is 2.40. The fourth-order valence-electron chi connectivity index (χ4n) is 2.84. The van der Waals surface area contributed by atoms with Gasteiger partial charge >= 0.3 is 0 Å². The average molecular weight is 248 g/mol. The van der Waals surface area contributed by atoms with E-state index >= 15 is 0 Å². The molecule has 1 aliphatic heterocycles. The number of carbonyl (C=O) groups excluding carboxylic acids is 2. The van der Waals surface area contributed by atoms with Crippen LogP contribution < -0.4 is 10.6 Å². The van der Waals surface area contributed by atoms with Gasteiger partial charge in [0.15, 0.2) is 0 Å². The summed E-state index contributed by atoms with van der Waals surface area (Å²) in [6.45, 7) is 0. The summed E-state index contributed by atoms with van der Waals surface area (Å²) < 4.78 is 13.8. The molecule has 3 rings (SSSR count). The van der Waals surface area contributed by atoms with E-state index in [0.29, 0.717) is 12.1 Å². The van der Waals surface area contributed by atoms with Gasteiger partial charge in [0.2, 0.25) is 11.8 Å². The summed E-state index contributed by atoms with van der Waals surface area (Å²) in [6, 6.07) is 3.93. The van der Waals surface area contributed by atoms with Crippen molar-refractivity contribution in [3.05, 3.63) is 24.0 Å². The largest absolute Gasteiger partial charge is 0.399 e. The van der Waals surface area contributed by atoms with Crippen LogP contribution in [0.3, 0.4) is 0 Å². The average Bonchev–Trinajstić information content (AvgIpc) is 2.78. The van der Waals surface area contributed by atoms with Gasteiger partial charge in [-0.25, -0.2) is 9.29 Å². The highest BCUT2D eigenvalue weighted by molar-refractivity contribution is 6.18. The smallest absolute Gasteiger partial charge is 0.237 e. The molecular formula is C13H13FN2O2. The number of amides is 2. The molecule has 2 amide bonds. The minimum atomic E-state index is -0.591. The molecule has 1 aromatic rings. The van der Waals surface area contributed by atoms with Crippen molar-refractivity contribution >= 4 is 23.2 Å². The minimum absolute atomic E-state index is 0.0124. The maximum Gasteiger partial charge on any atom is 0.237 e. The van der Waals surface area contributed by atoms with Crippen LogP contribution in [0.5, 0.6) is 0 Å². The van der Waals surface area contributed by atoms with Gasteiger partial charge in [-0.2, -0.15) is 0 Å². The zero-order valence-electron chi connectivity index (χ0n) is 9.73. The van der Waals surface area contributed by atoms with Gasteiger partial charge in [-0.05, 0) is 37.5 Å². The van der Waals surface area contributed by atoms with Gasteiger partial charge in [-0.15, -0.1) is 0 Å². The molecule has 5 heteroatoms. The maximum absolute atomic E-state index is 13.8. The SMILES string of the molecule is Nc1ccc(F)c(N2C(=O)C3CCC(C3)C2=O)c1. The second kappa shape index (κ2) is 3.80. The third-order valence-corrected chi connectivity index (χ3v) is 3.78. The molecule has 0 aromatic heterocycles. The fraction of sp³-hybridized carbons (Fsp3) is 0.385. The van der Waals surface area contributed by atoms with Crippen LogP contribution in [0, 0.1) is 17.7 Å². The van der Waals surface area contributed by atoms with Crippen LogP contribution in [-0.2, 0) is 9.59 Å². The quantitative estimate of drug-likeness (QED) is 0.607. The number of hydrogen-bond donors (Lipinski definition) is 1. The lowest BCUT2D eigenvalue weighted by Crippen LogP contribution is -2.46. The molecule has 1 saturated heterocycles. The maximum atomic E-state index is 13.8. The number of carbonyl (C=O) groups is 2. The molecule has 4 nitrogen and oxygen atoms in total. The highest BCUT2D eigenvalue weighted by atomic mass is 19.1. The highest BCUT2D eigenvalue weighted by Gasteiger charge is 2.46. The lowest BCUT2D eigenvalue weighted by molar-refractivity contribution is -0.133. The Bertz CT molecular complexity index is 522. The third-order valence-electron chi connectivity index (χ3n) is 3.78. The number of imide groups is 1. The number of piperidine rings is 1. The number of nitrogen functional groups attached to an aromatic ring is 1. The van der Waals surface area contributed by atoms with Crippen molar-refractivity contribution in [1.82, 2.24) is 0 Å². The first-order chi connectivity index (χ1) is 8.58. The molecule has 1 saturated carbocycles. The molecule has 0 spiro atoms. The van der Waals surface area contributed by atoms with E-state index in [0.717, 1.165) is 17.7 Å². The Morgan fingerprint density at radius 1 is 1.17 bits per heavy atom. The number of fused-ring (bicyclic) bond motifs is 2. The zero-order chi connectivity index (χ0) is 12.9. The van der Waals surface area contributed by atoms with Crippen molar-refractivity contribution in [1.29, 1.82) is 0 Å². The number of rotatable bonds is 1. The van der Waals surface area contributed by atoms with E-state index in [1.54, 1.807) is 0 Å². The Hall–Kier alpha value is -1.91. The van der Waals surface area contributed by atoms with E-state index in [-0.39, 0.29) is 29.3 Å². The summed E-state index contributed by atoms with van der Waals surface area (Å²) in [4.78, 5) is 25.3. The molecule has 94 valence electrons. The van der Waals surface area contributed by atoms with Crippen LogP contribution in [0.4, 0.5) is 15.8 Å². The number of hydrogen-bond acceptors (Lipinski definition) is 3. The Morgan fingerprint density at radius 3 is 2.39 bits per heavy atom. The minimum Gasteiger partial charge on any atom is -0.399 e. The zero-order valence-corrected chi connectivity index (χ0v) is 9.73. The van der Waals surface area contributed by atoms with Crippen LogP contribution in [-0.4, -0.2) is 11.8 Å². The molecule has 1 aromatic carbocycles. The van der Waals surface area contributed by atoms with E-state index in [1.807, 2.05) is 0 Å².